The number of nitrogens with two attached hydrogens (primary N) is 1. The van der Waals surface area contributed by atoms with E-state index in [4.69, 9.17) is 18.0 Å². The number of carbonyl (C=O) groups is 3. The van der Waals surface area contributed by atoms with E-state index in [9.17, 15) is 14.4 Å². The number of anilines is 2. The summed E-state index contributed by atoms with van der Waals surface area (Å²) < 4.78 is 4.63. The van der Waals surface area contributed by atoms with Crippen LogP contribution in [0.3, 0.4) is 0 Å². The van der Waals surface area contributed by atoms with Gasteiger partial charge in [0, 0.05) is 5.69 Å². The Morgan fingerprint density at radius 2 is 1.72 bits per heavy atom. The molecule has 0 radical (unpaired) electrons. The molecule has 0 saturated carbocycles. The van der Waals surface area contributed by atoms with Crippen LogP contribution in [0.4, 0.5) is 11.4 Å². The molecule has 0 atom stereocenters. The van der Waals surface area contributed by atoms with Crippen molar-refractivity contribution in [3.63, 3.8) is 0 Å². The van der Waals surface area contributed by atoms with Gasteiger partial charge in [0.05, 0.1) is 29.5 Å². The third-order valence-electron chi connectivity index (χ3n) is 3.70. The summed E-state index contributed by atoms with van der Waals surface area (Å²) in [7, 11) is 1.28. The van der Waals surface area contributed by atoms with Crippen LogP contribution in [0.5, 0.6) is 0 Å². The minimum Gasteiger partial charge on any atom is -0.465 e. The fraction of sp³-hybridized carbons (Fsp3) is 0.0588. The quantitative estimate of drug-likeness (QED) is 0.493. The molecular formula is C17H13N3O4S. The van der Waals surface area contributed by atoms with Crippen molar-refractivity contribution in [3.8, 4) is 0 Å². The van der Waals surface area contributed by atoms with Crippen molar-refractivity contribution in [3.05, 3.63) is 59.2 Å². The molecule has 8 heteroatoms. The molecule has 0 fully saturated rings. The van der Waals surface area contributed by atoms with Gasteiger partial charge in [-0.25, -0.2) is 9.69 Å². The number of methoxy groups -OCH3 is 1. The Bertz CT molecular complexity index is 909. The molecule has 2 aromatic carbocycles. The van der Waals surface area contributed by atoms with Gasteiger partial charge in [0.15, 0.2) is 5.11 Å². The van der Waals surface area contributed by atoms with Crippen molar-refractivity contribution in [2.75, 3.05) is 17.3 Å². The van der Waals surface area contributed by atoms with E-state index in [1.807, 2.05) is 0 Å². The monoisotopic (exact) mass is 355 g/mol. The van der Waals surface area contributed by atoms with Gasteiger partial charge < -0.3 is 15.8 Å². The highest BCUT2D eigenvalue weighted by Gasteiger charge is 2.36. The predicted octanol–water partition coefficient (Wildman–Crippen LogP) is 1.93. The van der Waals surface area contributed by atoms with E-state index in [0.29, 0.717) is 16.9 Å². The van der Waals surface area contributed by atoms with E-state index < -0.39 is 17.8 Å². The number of rotatable bonds is 3. The Labute approximate surface area is 148 Å². The van der Waals surface area contributed by atoms with Gasteiger partial charge in [-0.05, 0) is 54.7 Å². The summed E-state index contributed by atoms with van der Waals surface area (Å²) >= 11 is 4.77. The molecule has 0 bridgehead atoms. The number of benzene rings is 2. The van der Waals surface area contributed by atoms with Gasteiger partial charge in [-0.3, -0.25) is 9.59 Å². The van der Waals surface area contributed by atoms with E-state index >= 15 is 0 Å². The highest BCUT2D eigenvalue weighted by molar-refractivity contribution is 7.80. The zero-order valence-electron chi connectivity index (χ0n) is 13.1. The lowest BCUT2D eigenvalue weighted by molar-refractivity contribution is 0.0600. The van der Waals surface area contributed by atoms with Crippen LogP contribution in [-0.4, -0.2) is 30.0 Å². The zero-order valence-corrected chi connectivity index (χ0v) is 13.9. The van der Waals surface area contributed by atoms with Crippen LogP contribution in [0.15, 0.2) is 42.5 Å². The largest absolute Gasteiger partial charge is 0.465 e. The van der Waals surface area contributed by atoms with E-state index in [1.54, 1.807) is 12.1 Å². The average molecular weight is 355 g/mol. The van der Waals surface area contributed by atoms with Crippen molar-refractivity contribution in [1.82, 2.24) is 0 Å². The molecule has 2 amide bonds. The molecule has 0 unspecified atom stereocenters. The van der Waals surface area contributed by atoms with Gasteiger partial charge in [-0.1, -0.05) is 0 Å². The van der Waals surface area contributed by atoms with Crippen molar-refractivity contribution >= 4 is 46.5 Å². The summed E-state index contributed by atoms with van der Waals surface area (Å²) in [6.07, 6.45) is 0. The normalized spacial score (nSPS) is 12.8. The van der Waals surface area contributed by atoms with Gasteiger partial charge in [0.1, 0.15) is 0 Å². The molecule has 3 rings (SSSR count). The molecular weight excluding hydrogens is 342 g/mol. The minimum atomic E-state index is -0.498. The molecule has 2 aromatic rings. The fourth-order valence-corrected chi connectivity index (χ4v) is 2.68. The minimum absolute atomic E-state index is 0.0620. The fourth-order valence-electron chi connectivity index (χ4n) is 2.56. The highest BCUT2D eigenvalue weighted by atomic mass is 32.1. The molecule has 0 spiro atoms. The van der Waals surface area contributed by atoms with Crippen molar-refractivity contribution < 1.29 is 19.1 Å². The lowest BCUT2D eigenvalue weighted by atomic mass is 10.1. The van der Waals surface area contributed by atoms with Gasteiger partial charge in [-0.2, -0.15) is 0 Å². The van der Waals surface area contributed by atoms with Gasteiger partial charge in [-0.15, -0.1) is 0 Å². The number of nitrogens with zero attached hydrogens (tertiary/aromatic N) is 1. The number of hydrogen-bond acceptors (Lipinski definition) is 5. The summed E-state index contributed by atoms with van der Waals surface area (Å²) in [6.45, 7) is 0. The Morgan fingerprint density at radius 1 is 1.08 bits per heavy atom. The third kappa shape index (κ3) is 2.94. The summed E-state index contributed by atoms with van der Waals surface area (Å²) in [5.74, 6) is -1.40. The van der Waals surface area contributed by atoms with Crippen LogP contribution in [-0.2, 0) is 4.74 Å². The molecule has 25 heavy (non-hydrogen) atoms. The highest BCUT2D eigenvalue weighted by Crippen LogP contribution is 2.30. The lowest BCUT2D eigenvalue weighted by Gasteiger charge is -2.14. The van der Waals surface area contributed by atoms with Gasteiger partial charge in [0.25, 0.3) is 11.8 Å². The number of fused-ring (bicyclic) bond motifs is 1. The summed E-state index contributed by atoms with van der Waals surface area (Å²) in [6, 6.07) is 10.7. The topological polar surface area (TPSA) is 102 Å². The molecule has 1 heterocycles. The Balaban J connectivity index is 1.94. The maximum absolute atomic E-state index is 12.6. The molecule has 1 aliphatic heterocycles. The number of carbonyl (C=O) groups excluding carboxylic acids is 3. The van der Waals surface area contributed by atoms with Crippen LogP contribution in [0.25, 0.3) is 0 Å². The SMILES string of the molecule is COC(=O)c1ccc(N2C(=O)c3ccc(NC(N)=S)cc3C2=O)cc1. The number of amides is 2. The summed E-state index contributed by atoms with van der Waals surface area (Å²) in [4.78, 5) is 37.7. The number of ether oxygens (including phenoxy) is 1. The van der Waals surface area contributed by atoms with Crippen molar-refractivity contribution in [2.24, 2.45) is 5.73 Å². The maximum Gasteiger partial charge on any atom is 0.337 e. The van der Waals surface area contributed by atoms with Crippen LogP contribution in [0.2, 0.25) is 0 Å². The van der Waals surface area contributed by atoms with Gasteiger partial charge >= 0.3 is 5.97 Å². The van der Waals surface area contributed by atoms with Crippen LogP contribution in [0.1, 0.15) is 31.1 Å². The zero-order chi connectivity index (χ0) is 18.1. The lowest BCUT2D eigenvalue weighted by Crippen LogP contribution is -2.29. The second kappa shape index (κ2) is 6.33. The van der Waals surface area contributed by atoms with Crippen molar-refractivity contribution in [1.29, 1.82) is 0 Å². The van der Waals surface area contributed by atoms with E-state index in [0.717, 1.165) is 4.90 Å². The maximum atomic E-state index is 12.6. The molecule has 0 aromatic heterocycles. The van der Waals surface area contributed by atoms with E-state index in [2.05, 4.69) is 10.1 Å². The molecule has 7 nitrogen and oxygen atoms in total. The average Bonchev–Trinajstić information content (AvgIpc) is 2.84. The van der Waals surface area contributed by atoms with E-state index in [-0.39, 0.29) is 16.2 Å². The Hall–Kier alpha value is -3.26. The number of nitrogens with one attached hydrogen (secondary N) is 1. The van der Waals surface area contributed by atoms with Crippen LogP contribution < -0.4 is 16.0 Å². The van der Waals surface area contributed by atoms with Crippen LogP contribution >= 0.6 is 12.2 Å². The Kier molecular flexibility index (Phi) is 4.20. The van der Waals surface area contributed by atoms with Gasteiger partial charge in [0.2, 0.25) is 0 Å². The predicted molar refractivity (Wildman–Crippen MR) is 95.8 cm³/mol. The van der Waals surface area contributed by atoms with Crippen LogP contribution in [0, 0.1) is 0 Å². The second-order valence-corrected chi connectivity index (χ2v) is 5.67. The first-order valence-corrected chi connectivity index (χ1v) is 7.61. The summed E-state index contributed by atoms with van der Waals surface area (Å²) in [5, 5.41) is 2.79. The first kappa shape index (κ1) is 16.6. The number of esters is 1. The number of imide groups is 1. The molecule has 0 saturated heterocycles. The third-order valence-corrected chi connectivity index (χ3v) is 3.80. The molecule has 3 N–H and O–H groups in total. The standard InChI is InChI=1S/C17H13N3O4S/c1-24-16(23)9-2-5-11(6-3-9)20-14(21)12-7-4-10(19-17(18)25)8-13(12)15(20)22/h2-8H,1H3,(H3,18,19,25). The first-order chi connectivity index (χ1) is 11.9. The molecule has 1 aliphatic rings. The van der Waals surface area contributed by atoms with Crippen molar-refractivity contribution in [2.45, 2.75) is 0 Å². The first-order valence-electron chi connectivity index (χ1n) is 7.20. The molecule has 0 aliphatic carbocycles. The second-order valence-electron chi connectivity index (χ2n) is 5.23. The smallest absolute Gasteiger partial charge is 0.337 e. The van der Waals surface area contributed by atoms with E-state index in [1.165, 1.54) is 37.4 Å². The number of thiocarbonyl (C=S) groups is 1. The molecule has 126 valence electrons. The number of hydrogen-bond donors (Lipinski definition) is 2. The Morgan fingerprint density at radius 3 is 2.32 bits per heavy atom. The summed E-state index contributed by atoms with van der Waals surface area (Å²) in [5.41, 5.74) is 7.17.